The fourth-order valence-electron chi connectivity index (χ4n) is 7.62. The maximum Gasteiger partial charge on any atom is 0.325 e. The van der Waals surface area contributed by atoms with Crippen molar-refractivity contribution in [1.82, 2.24) is 14.9 Å². The third kappa shape index (κ3) is 6.48. The Bertz CT molecular complexity index is 2290. The molecular formula is C39H39ClN6O3S2. The number of anilines is 4. The molecule has 3 N–H and O–H groups in total. The highest BCUT2D eigenvalue weighted by Gasteiger charge is 2.49. The van der Waals surface area contributed by atoms with Gasteiger partial charge in [0.1, 0.15) is 16.5 Å². The van der Waals surface area contributed by atoms with E-state index in [9.17, 15) is 9.90 Å². The van der Waals surface area contributed by atoms with Crippen LogP contribution in [0.15, 0.2) is 72.8 Å². The number of aromatic nitrogens is 2. The summed E-state index contributed by atoms with van der Waals surface area (Å²) in [6, 6.07) is 22.6. The molecule has 0 unspecified atom stereocenters. The minimum absolute atomic E-state index is 0.194. The van der Waals surface area contributed by atoms with Crippen LogP contribution in [0.2, 0.25) is 5.02 Å². The summed E-state index contributed by atoms with van der Waals surface area (Å²) in [5, 5.41) is 19.7. The van der Waals surface area contributed by atoms with E-state index in [0.29, 0.717) is 22.4 Å². The van der Waals surface area contributed by atoms with Crippen LogP contribution < -0.4 is 20.3 Å². The first-order valence-electron chi connectivity index (χ1n) is 17.0. The summed E-state index contributed by atoms with van der Waals surface area (Å²) in [6.45, 7) is 10.4. The molecule has 12 heteroatoms. The van der Waals surface area contributed by atoms with Crippen molar-refractivity contribution in [3.05, 3.63) is 83.4 Å². The molecule has 2 aliphatic heterocycles. The smallest absolute Gasteiger partial charge is 0.325 e. The molecule has 2 aliphatic rings. The number of nitrogens with zero attached hydrogens (tertiary/aromatic N) is 4. The molecule has 51 heavy (non-hydrogen) atoms. The number of benzene rings is 4. The summed E-state index contributed by atoms with van der Waals surface area (Å²) in [5.41, 5.74) is 5.95. The first-order valence-corrected chi connectivity index (χ1v) is 19.0. The van der Waals surface area contributed by atoms with Crippen LogP contribution in [0.1, 0.15) is 39.2 Å². The second kappa shape index (κ2) is 13.0. The number of nitrogens with one attached hydrogen (secondary N) is 2. The Morgan fingerprint density at radius 3 is 2.55 bits per heavy atom. The van der Waals surface area contributed by atoms with Gasteiger partial charge in [-0.2, -0.15) is 0 Å². The van der Waals surface area contributed by atoms with Crippen LogP contribution >= 0.6 is 34.3 Å². The average Bonchev–Trinajstić information content (AvgIpc) is 3.79. The zero-order valence-electron chi connectivity index (χ0n) is 28.9. The maximum absolute atomic E-state index is 13.5. The lowest BCUT2D eigenvalue weighted by Crippen LogP contribution is -2.47. The van der Waals surface area contributed by atoms with Gasteiger partial charge in [-0.05, 0) is 97.6 Å². The van der Waals surface area contributed by atoms with Gasteiger partial charge in [0.15, 0.2) is 5.13 Å². The van der Waals surface area contributed by atoms with Crippen molar-refractivity contribution in [3.63, 3.8) is 0 Å². The lowest BCUT2D eigenvalue weighted by atomic mass is 9.72. The second-order valence-corrected chi connectivity index (χ2v) is 17.1. The van der Waals surface area contributed by atoms with E-state index in [0.717, 1.165) is 86.2 Å². The highest BCUT2D eigenvalue weighted by atomic mass is 35.5. The van der Waals surface area contributed by atoms with Gasteiger partial charge in [-0.15, -0.1) is 11.3 Å². The Morgan fingerprint density at radius 1 is 0.961 bits per heavy atom. The van der Waals surface area contributed by atoms with Crippen molar-refractivity contribution in [2.24, 2.45) is 5.41 Å². The summed E-state index contributed by atoms with van der Waals surface area (Å²) in [5.74, 6) is 0.939. The van der Waals surface area contributed by atoms with Crippen LogP contribution in [-0.4, -0.2) is 59.3 Å². The van der Waals surface area contributed by atoms with E-state index in [1.54, 1.807) is 24.5 Å². The van der Waals surface area contributed by atoms with Gasteiger partial charge in [0.25, 0.3) is 0 Å². The van der Waals surface area contributed by atoms with Gasteiger partial charge in [-0.1, -0.05) is 55.8 Å². The molecule has 8 rings (SSSR count). The largest absolute Gasteiger partial charge is 0.506 e. The first kappa shape index (κ1) is 33.7. The van der Waals surface area contributed by atoms with Crippen LogP contribution in [0, 0.1) is 5.41 Å². The third-order valence-corrected chi connectivity index (χ3v) is 12.0. The van der Waals surface area contributed by atoms with Crippen molar-refractivity contribution in [3.8, 4) is 22.1 Å². The normalized spacial score (nSPS) is 15.8. The molecule has 0 bridgehead atoms. The Kier molecular flexibility index (Phi) is 8.57. The molecule has 0 radical (unpaired) electrons. The van der Waals surface area contributed by atoms with Gasteiger partial charge >= 0.3 is 6.03 Å². The predicted octanol–water partition coefficient (Wildman–Crippen LogP) is 10.1. The van der Waals surface area contributed by atoms with Crippen LogP contribution in [0.4, 0.5) is 27.0 Å². The van der Waals surface area contributed by atoms with E-state index in [-0.39, 0.29) is 16.6 Å². The number of rotatable bonds is 6. The van der Waals surface area contributed by atoms with Crippen LogP contribution in [0.5, 0.6) is 11.5 Å². The number of methoxy groups -OCH3 is 1. The van der Waals surface area contributed by atoms with Crippen LogP contribution in [0.25, 0.3) is 31.0 Å². The zero-order chi connectivity index (χ0) is 35.5. The Balaban J connectivity index is 1.17. The number of para-hydroxylation sites is 2. The number of halogens is 1. The van der Waals surface area contributed by atoms with E-state index in [1.165, 1.54) is 11.3 Å². The molecule has 2 aromatic heterocycles. The van der Waals surface area contributed by atoms with Gasteiger partial charge < -0.3 is 25.0 Å². The molecule has 1 fully saturated rings. The quantitative estimate of drug-likeness (QED) is 0.156. The molecule has 2 amide bonds. The number of ether oxygens (including phenoxy) is 1. The number of amides is 2. The molecule has 9 nitrogen and oxygen atoms in total. The summed E-state index contributed by atoms with van der Waals surface area (Å²) in [7, 11) is 1.63. The Hall–Kier alpha value is -4.42. The third-order valence-electron chi connectivity index (χ3n) is 9.77. The van der Waals surface area contributed by atoms with Crippen LogP contribution in [-0.2, 0) is 5.41 Å². The molecule has 4 aromatic carbocycles. The second-order valence-electron chi connectivity index (χ2n) is 14.6. The Morgan fingerprint density at radius 2 is 1.76 bits per heavy atom. The molecule has 0 saturated carbocycles. The topological polar surface area (TPSA) is 103 Å². The number of hydrogen-bond acceptors (Lipinski definition) is 9. The number of fused-ring (bicyclic) bond motifs is 4. The number of hydrogen-bond donors (Lipinski definition) is 3. The van der Waals surface area contributed by atoms with E-state index in [4.69, 9.17) is 21.3 Å². The number of likely N-dealkylation sites (tertiary alicyclic amines) is 1. The molecule has 0 aliphatic carbocycles. The average molecular weight is 739 g/mol. The lowest BCUT2D eigenvalue weighted by molar-refractivity contribution is 0.125. The number of phenols is 1. The minimum atomic E-state index is -0.399. The van der Waals surface area contributed by atoms with Crippen molar-refractivity contribution in [2.75, 3.05) is 48.8 Å². The van der Waals surface area contributed by atoms with E-state index in [2.05, 4.69) is 46.2 Å². The van der Waals surface area contributed by atoms with Gasteiger partial charge in [-0.3, -0.25) is 5.32 Å². The first-order chi connectivity index (χ1) is 24.5. The van der Waals surface area contributed by atoms with Gasteiger partial charge in [0, 0.05) is 29.1 Å². The molecule has 262 valence electrons. The number of aromatic hydroxyl groups is 1. The molecule has 0 atom stereocenters. The highest BCUT2D eigenvalue weighted by Crippen LogP contribution is 2.57. The van der Waals surface area contributed by atoms with Crippen LogP contribution in [0.3, 0.4) is 0 Å². The Labute approximate surface area is 309 Å². The van der Waals surface area contributed by atoms with E-state index < -0.39 is 6.03 Å². The standard InChI is InChI=1S/C39H39ClN6O3S2/c1-38(2,3)21-45-17-15-39(16-18-45)22-46(34-30(47)13-11-25(33(34)39)35-41-28-19-23(40)9-14-31(28)50-35)29-8-6-5-7-26(29)42-36(48)44-37-43-27-12-10-24(49-4)20-32(27)51-37/h5-14,19-20,47H,15-18,21-22H2,1-4H3,(H2,42,43,44,48). The summed E-state index contributed by atoms with van der Waals surface area (Å²) < 4.78 is 7.33. The number of urea groups is 1. The number of carbonyl (C=O) groups is 1. The molecule has 1 saturated heterocycles. The monoisotopic (exact) mass is 738 g/mol. The maximum atomic E-state index is 13.5. The predicted molar refractivity (Wildman–Crippen MR) is 211 cm³/mol. The van der Waals surface area contributed by atoms with Crippen molar-refractivity contribution < 1.29 is 14.6 Å². The molecule has 4 heterocycles. The number of carbonyl (C=O) groups excluding carboxylic acids is 1. The summed E-state index contributed by atoms with van der Waals surface area (Å²) >= 11 is 9.38. The summed E-state index contributed by atoms with van der Waals surface area (Å²) in [4.78, 5) is 27.9. The zero-order valence-corrected chi connectivity index (χ0v) is 31.3. The summed E-state index contributed by atoms with van der Waals surface area (Å²) in [6.07, 6.45) is 1.86. The van der Waals surface area contributed by atoms with Gasteiger partial charge in [0.2, 0.25) is 0 Å². The minimum Gasteiger partial charge on any atom is -0.506 e. The van der Waals surface area contributed by atoms with E-state index >= 15 is 0 Å². The number of piperidine rings is 1. The lowest BCUT2D eigenvalue weighted by Gasteiger charge is -2.42. The van der Waals surface area contributed by atoms with E-state index in [1.807, 2.05) is 66.7 Å². The van der Waals surface area contributed by atoms with Crippen molar-refractivity contribution in [2.45, 2.75) is 39.0 Å². The van der Waals surface area contributed by atoms with Crippen molar-refractivity contribution in [1.29, 1.82) is 0 Å². The van der Waals surface area contributed by atoms with Gasteiger partial charge in [-0.25, -0.2) is 14.8 Å². The number of thiazole rings is 2. The SMILES string of the molecule is COc1ccc2nc(NC(=O)Nc3ccccc3N3CC4(CCN(CC(C)(C)C)CC4)c4c(-c5nc6cc(Cl)ccc6s5)ccc(O)c43)sc2c1. The number of phenolic OH excluding ortho intramolecular Hbond substituents is 1. The molecular weight excluding hydrogens is 700 g/mol. The fraction of sp³-hybridized carbons (Fsp3) is 0.308. The fourth-order valence-corrected chi connectivity index (χ4v) is 9.65. The van der Waals surface area contributed by atoms with Gasteiger partial charge in [0.05, 0.1) is 44.6 Å². The highest BCUT2D eigenvalue weighted by molar-refractivity contribution is 7.22. The van der Waals surface area contributed by atoms with Crippen molar-refractivity contribution >= 4 is 82.9 Å². The molecule has 6 aromatic rings. The molecule has 1 spiro atoms.